The largest absolute Gasteiger partial charge is 0.469 e. The molecule has 2 rings (SSSR count). The molecule has 1 aromatic rings. The number of hydrogen-bond donors (Lipinski definition) is 1. The van der Waals surface area contributed by atoms with Crippen LogP contribution in [0.15, 0.2) is 16.7 Å². The van der Waals surface area contributed by atoms with E-state index < -0.39 is 0 Å². The summed E-state index contributed by atoms with van der Waals surface area (Å²) < 4.78 is 10.9. The van der Waals surface area contributed by atoms with E-state index in [0.29, 0.717) is 12.5 Å². The maximum Gasteiger partial charge on any atom is 0.110 e. The van der Waals surface area contributed by atoms with Crippen molar-refractivity contribution in [1.29, 1.82) is 0 Å². The van der Waals surface area contributed by atoms with E-state index in [9.17, 15) is 0 Å². The van der Waals surface area contributed by atoms with Crippen LogP contribution < -0.4 is 5.32 Å². The lowest BCUT2D eigenvalue weighted by Gasteiger charge is -2.40. The van der Waals surface area contributed by atoms with Gasteiger partial charge < -0.3 is 14.5 Å². The van der Waals surface area contributed by atoms with Crippen LogP contribution in [-0.4, -0.2) is 20.3 Å². The first-order chi connectivity index (χ1) is 7.20. The SMILES string of the molecule is COCC1(C(C)C)NCCc2occc21. The Morgan fingerprint density at radius 1 is 1.60 bits per heavy atom. The fourth-order valence-electron chi connectivity index (χ4n) is 2.46. The van der Waals surface area contributed by atoms with E-state index in [4.69, 9.17) is 9.15 Å². The van der Waals surface area contributed by atoms with Gasteiger partial charge >= 0.3 is 0 Å². The highest BCUT2D eigenvalue weighted by atomic mass is 16.5. The predicted molar refractivity (Wildman–Crippen MR) is 58.8 cm³/mol. The van der Waals surface area contributed by atoms with Crippen LogP contribution in [0, 0.1) is 5.92 Å². The number of fused-ring (bicyclic) bond motifs is 1. The van der Waals surface area contributed by atoms with Crippen molar-refractivity contribution >= 4 is 0 Å². The number of furan rings is 1. The van der Waals surface area contributed by atoms with Crippen LogP contribution in [0.2, 0.25) is 0 Å². The van der Waals surface area contributed by atoms with Crippen LogP contribution in [-0.2, 0) is 16.7 Å². The quantitative estimate of drug-likeness (QED) is 0.826. The third-order valence-corrected chi connectivity index (χ3v) is 3.38. The van der Waals surface area contributed by atoms with E-state index >= 15 is 0 Å². The molecule has 1 aromatic heterocycles. The molecule has 1 atom stereocenters. The number of rotatable bonds is 3. The summed E-state index contributed by atoms with van der Waals surface area (Å²) in [5.74, 6) is 1.59. The Labute approximate surface area is 90.8 Å². The molecule has 0 radical (unpaired) electrons. The lowest BCUT2D eigenvalue weighted by molar-refractivity contribution is 0.0699. The molecule has 0 bridgehead atoms. The molecule has 3 nitrogen and oxygen atoms in total. The van der Waals surface area contributed by atoms with E-state index in [1.165, 1.54) is 5.56 Å². The highest BCUT2D eigenvalue weighted by Gasteiger charge is 2.40. The van der Waals surface area contributed by atoms with E-state index in [1.807, 2.05) is 0 Å². The van der Waals surface area contributed by atoms with E-state index in [1.54, 1.807) is 13.4 Å². The zero-order chi connectivity index (χ0) is 10.9. The zero-order valence-electron chi connectivity index (χ0n) is 9.67. The maximum absolute atomic E-state index is 5.51. The molecule has 0 amide bonds. The Morgan fingerprint density at radius 2 is 2.40 bits per heavy atom. The minimum Gasteiger partial charge on any atom is -0.469 e. The zero-order valence-corrected chi connectivity index (χ0v) is 9.67. The molecule has 1 aliphatic rings. The van der Waals surface area contributed by atoms with E-state index in [-0.39, 0.29) is 5.54 Å². The second-order valence-electron chi connectivity index (χ2n) is 4.49. The second kappa shape index (κ2) is 3.99. The smallest absolute Gasteiger partial charge is 0.110 e. The molecular weight excluding hydrogens is 190 g/mol. The first kappa shape index (κ1) is 10.7. The van der Waals surface area contributed by atoms with Crippen molar-refractivity contribution in [2.75, 3.05) is 20.3 Å². The molecule has 0 spiro atoms. The van der Waals surface area contributed by atoms with Gasteiger partial charge in [0.1, 0.15) is 5.76 Å². The van der Waals surface area contributed by atoms with Crippen LogP contribution in [0.1, 0.15) is 25.2 Å². The van der Waals surface area contributed by atoms with Crippen molar-refractivity contribution in [3.8, 4) is 0 Å². The Bertz CT molecular complexity index is 332. The summed E-state index contributed by atoms with van der Waals surface area (Å²) >= 11 is 0. The Hall–Kier alpha value is -0.800. The molecule has 0 saturated heterocycles. The topological polar surface area (TPSA) is 34.4 Å². The first-order valence-electron chi connectivity index (χ1n) is 5.51. The first-order valence-corrected chi connectivity index (χ1v) is 5.51. The summed E-state index contributed by atoms with van der Waals surface area (Å²) in [7, 11) is 1.75. The number of nitrogens with one attached hydrogen (secondary N) is 1. The van der Waals surface area contributed by atoms with Gasteiger partial charge in [-0.05, 0) is 12.0 Å². The summed E-state index contributed by atoms with van der Waals surface area (Å²) in [5.41, 5.74) is 1.20. The molecule has 84 valence electrons. The average Bonchev–Trinajstić information content (AvgIpc) is 2.66. The van der Waals surface area contributed by atoms with Gasteiger partial charge in [-0.25, -0.2) is 0 Å². The van der Waals surface area contributed by atoms with Gasteiger partial charge in [0, 0.05) is 25.6 Å². The minimum atomic E-state index is -0.0741. The molecule has 2 heterocycles. The van der Waals surface area contributed by atoms with Gasteiger partial charge in [-0.1, -0.05) is 13.8 Å². The highest BCUT2D eigenvalue weighted by molar-refractivity contribution is 5.31. The third-order valence-electron chi connectivity index (χ3n) is 3.38. The average molecular weight is 209 g/mol. The van der Waals surface area contributed by atoms with Crippen molar-refractivity contribution in [1.82, 2.24) is 5.32 Å². The molecule has 1 N–H and O–H groups in total. The Balaban J connectivity index is 2.42. The van der Waals surface area contributed by atoms with Crippen LogP contribution in [0.3, 0.4) is 0 Å². The maximum atomic E-state index is 5.51. The molecule has 1 unspecified atom stereocenters. The van der Waals surface area contributed by atoms with Gasteiger partial charge in [0.05, 0.1) is 18.4 Å². The van der Waals surface area contributed by atoms with Crippen molar-refractivity contribution in [3.05, 3.63) is 23.7 Å². The predicted octanol–water partition coefficient (Wildman–Crippen LogP) is 1.92. The van der Waals surface area contributed by atoms with Crippen LogP contribution in [0.5, 0.6) is 0 Å². The molecule has 0 saturated carbocycles. The Kier molecular flexibility index (Phi) is 2.85. The highest BCUT2D eigenvalue weighted by Crippen LogP contribution is 2.35. The lowest BCUT2D eigenvalue weighted by atomic mass is 9.78. The molecule has 15 heavy (non-hydrogen) atoms. The summed E-state index contributed by atoms with van der Waals surface area (Å²) in [5, 5.41) is 3.59. The van der Waals surface area contributed by atoms with Gasteiger partial charge in [0.15, 0.2) is 0 Å². The second-order valence-corrected chi connectivity index (χ2v) is 4.49. The fourth-order valence-corrected chi connectivity index (χ4v) is 2.46. The standard InChI is InChI=1S/C12H19NO2/c1-9(2)12(8-14-3)10-5-7-15-11(10)4-6-13-12/h5,7,9,13H,4,6,8H2,1-3H3. The molecule has 3 heteroatoms. The van der Waals surface area contributed by atoms with Crippen LogP contribution in [0.25, 0.3) is 0 Å². The summed E-state index contributed by atoms with van der Waals surface area (Å²) in [6, 6.07) is 2.07. The molecule has 1 aliphatic heterocycles. The van der Waals surface area contributed by atoms with Crippen molar-refractivity contribution in [3.63, 3.8) is 0 Å². The third kappa shape index (κ3) is 1.60. The summed E-state index contributed by atoms with van der Waals surface area (Å²) in [4.78, 5) is 0. The van der Waals surface area contributed by atoms with E-state index in [0.717, 1.165) is 18.7 Å². The van der Waals surface area contributed by atoms with E-state index in [2.05, 4.69) is 25.2 Å². The normalized spacial score (nSPS) is 25.6. The van der Waals surface area contributed by atoms with Crippen LogP contribution in [0.4, 0.5) is 0 Å². The Morgan fingerprint density at radius 3 is 3.07 bits per heavy atom. The molecule has 0 fully saturated rings. The molecule has 0 aliphatic carbocycles. The number of hydrogen-bond acceptors (Lipinski definition) is 3. The van der Waals surface area contributed by atoms with Gasteiger partial charge in [-0.15, -0.1) is 0 Å². The van der Waals surface area contributed by atoms with Gasteiger partial charge in [0.2, 0.25) is 0 Å². The number of methoxy groups -OCH3 is 1. The molecule has 0 aromatic carbocycles. The van der Waals surface area contributed by atoms with Crippen molar-refractivity contribution < 1.29 is 9.15 Å². The lowest BCUT2D eigenvalue weighted by Crippen LogP contribution is -2.53. The van der Waals surface area contributed by atoms with Crippen LogP contribution >= 0.6 is 0 Å². The van der Waals surface area contributed by atoms with Crippen molar-refractivity contribution in [2.24, 2.45) is 5.92 Å². The monoisotopic (exact) mass is 209 g/mol. The van der Waals surface area contributed by atoms with Gasteiger partial charge in [-0.2, -0.15) is 0 Å². The van der Waals surface area contributed by atoms with Gasteiger partial charge in [0.25, 0.3) is 0 Å². The summed E-state index contributed by atoms with van der Waals surface area (Å²) in [6.07, 6.45) is 2.75. The van der Waals surface area contributed by atoms with Gasteiger partial charge in [-0.3, -0.25) is 0 Å². The fraction of sp³-hybridized carbons (Fsp3) is 0.667. The molecular formula is C12H19NO2. The van der Waals surface area contributed by atoms with Crippen molar-refractivity contribution in [2.45, 2.75) is 25.8 Å². The minimum absolute atomic E-state index is 0.0741. The summed E-state index contributed by atoms with van der Waals surface area (Å²) in [6.45, 7) is 6.08. The number of ether oxygens (including phenoxy) is 1.